The molecule has 0 spiro atoms. The molecule has 0 bridgehead atoms. The Kier molecular flexibility index (Phi) is 6.32. The Morgan fingerprint density at radius 3 is 2.38 bits per heavy atom. The number of thioether (sulfide) groups is 1. The number of ether oxygens (including phenoxy) is 1. The first-order chi connectivity index (χ1) is 14.2. The molecule has 0 saturated carbocycles. The lowest BCUT2D eigenvalue weighted by Gasteiger charge is -2.12. The largest absolute Gasteiger partial charge is 0.457 e. The average Bonchev–Trinajstić information content (AvgIpc) is 3.17. The van der Waals surface area contributed by atoms with E-state index < -0.39 is 0 Å². The van der Waals surface area contributed by atoms with Gasteiger partial charge in [0.2, 0.25) is 0 Å². The standard InChI is InChI=1S/C23H20BrN3OS/c1-2-27-22(25-26-23(27)29-16-17-12-14-18(24)15-13-17)20-10-6-7-11-21(20)28-19-8-4-3-5-9-19/h3-15H,2,16H2,1H3. The minimum atomic E-state index is 0.769. The highest BCUT2D eigenvalue weighted by molar-refractivity contribution is 9.10. The maximum Gasteiger partial charge on any atom is 0.191 e. The van der Waals surface area contributed by atoms with Crippen LogP contribution in [-0.4, -0.2) is 14.8 Å². The fraction of sp³-hybridized carbons (Fsp3) is 0.130. The molecule has 0 N–H and O–H groups in total. The number of hydrogen-bond donors (Lipinski definition) is 0. The predicted molar refractivity (Wildman–Crippen MR) is 121 cm³/mol. The van der Waals surface area contributed by atoms with Crippen LogP contribution in [-0.2, 0) is 12.3 Å². The highest BCUT2D eigenvalue weighted by Crippen LogP contribution is 2.34. The van der Waals surface area contributed by atoms with Crippen molar-refractivity contribution in [1.82, 2.24) is 14.8 Å². The van der Waals surface area contributed by atoms with E-state index in [1.807, 2.05) is 54.6 Å². The summed E-state index contributed by atoms with van der Waals surface area (Å²) in [5, 5.41) is 9.85. The van der Waals surface area contributed by atoms with Gasteiger partial charge in [0.1, 0.15) is 11.5 Å². The monoisotopic (exact) mass is 465 g/mol. The Bertz CT molecular complexity index is 1080. The van der Waals surface area contributed by atoms with Gasteiger partial charge in [0, 0.05) is 16.8 Å². The fourth-order valence-electron chi connectivity index (χ4n) is 2.96. The van der Waals surface area contributed by atoms with Crippen molar-refractivity contribution in [2.75, 3.05) is 0 Å². The van der Waals surface area contributed by atoms with Crippen LogP contribution in [0.5, 0.6) is 11.5 Å². The number of benzene rings is 3. The maximum absolute atomic E-state index is 6.12. The number of halogens is 1. The quantitative estimate of drug-likeness (QED) is 0.281. The van der Waals surface area contributed by atoms with Crippen LogP contribution < -0.4 is 4.74 Å². The van der Waals surface area contributed by atoms with Crippen LogP contribution in [0.2, 0.25) is 0 Å². The number of hydrogen-bond acceptors (Lipinski definition) is 4. The van der Waals surface area contributed by atoms with Crippen molar-refractivity contribution in [2.24, 2.45) is 0 Å². The predicted octanol–water partition coefficient (Wildman–Crippen LogP) is 6.81. The van der Waals surface area contributed by atoms with Gasteiger partial charge in [-0.3, -0.25) is 0 Å². The van der Waals surface area contributed by atoms with E-state index in [9.17, 15) is 0 Å². The zero-order valence-electron chi connectivity index (χ0n) is 16.0. The molecular weight excluding hydrogens is 446 g/mol. The van der Waals surface area contributed by atoms with E-state index in [2.05, 4.69) is 61.9 Å². The van der Waals surface area contributed by atoms with Crippen LogP contribution in [0.1, 0.15) is 12.5 Å². The van der Waals surface area contributed by atoms with Crippen molar-refractivity contribution in [3.05, 3.63) is 88.9 Å². The Labute approximate surface area is 183 Å². The number of nitrogens with zero attached hydrogens (tertiary/aromatic N) is 3. The van der Waals surface area contributed by atoms with Gasteiger partial charge in [-0.1, -0.05) is 70.2 Å². The van der Waals surface area contributed by atoms with E-state index in [0.717, 1.165) is 44.8 Å². The molecule has 1 aromatic heterocycles. The summed E-state index contributed by atoms with van der Waals surface area (Å²) in [7, 11) is 0. The first-order valence-corrected chi connectivity index (χ1v) is 11.1. The van der Waals surface area contributed by atoms with E-state index >= 15 is 0 Å². The second-order valence-electron chi connectivity index (χ2n) is 6.38. The molecule has 146 valence electrons. The van der Waals surface area contributed by atoms with Crippen LogP contribution in [0.25, 0.3) is 11.4 Å². The van der Waals surface area contributed by atoms with Crippen LogP contribution in [0.4, 0.5) is 0 Å². The van der Waals surface area contributed by atoms with Gasteiger partial charge < -0.3 is 9.30 Å². The van der Waals surface area contributed by atoms with Crippen molar-refractivity contribution in [2.45, 2.75) is 24.4 Å². The first-order valence-electron chi connectivity index (χ1n) is 9.37. The molecule has 0 unspecified atom stereocenters. The molecule has 3 aromatic carbocycles. The van der Waals surface area contributed by atoms with E-state index in [1.165, 1.54) is 5.56 Å². The first kappa shape index (κ1) is 19.7. The molecule has 0 aliphatic heterocycles. The number of rotatable bonds is 7. The molecule has 6 heteroatoms. The lowest BCUT2D eigenvalue weighted by Crippen LogP contribution is -2.01. The highest BCUT2D eigenvalue weighted by Gasteiger charge is 2.17. The van der Waals surface area contributed by atoms with Crippen molar-refractivity contribution in [3.8, 4) is 22.9 Å². The molecule has 4 nitrogen and oxygen atoms in total. The molecular formula is C23H20BrN3OS. The maximum atomic E-state index is 6.12. The summed E-state index contributed by atoms with van der Waals surface area (Å²) in [6.07, 6.45) is 0. The molecule has 0 saturated heterocycles. The average molecular weight is 466 g/mol. The molecule has 4 aromatic rings. The van der Waals surface area contributed by atoms with E-state index in [4.69, 9.17) is 4.74 Å². The van der Waals surface area contributed by atoms with Crippen molar-refractivity contribution in [1.29, 1.82) is 0 Å². The van der Waals surface area contributed by atoms with E-state index in [0.29, 0.717) is 0 Å². The summed E-state index contributed by atoms with van der Waals surface area (Å²) in [5.74, 6) is 3.23. The lowest BCUT2D eigenvalue weighted by atomic mass is 10.2. The van der Waals surface area contributed by atoms with Crippen molar-refractivity contribution < 1.29 is 4.74 Å². The third kappa shape index (κ3) is 4.71. The van der Waals surface area contributed by atoms with Gasteiger partial charge in [-0.05, 0) is 48.9 Å². The molecule has 0 amide bonds. The lowest BCUT2D eigenvalue weighted by molar-refractivity contribution is 0.483. The van der Waals surface area contributed by atoms with Crippen molar-refractivity contribution in [3.63, 3.8) is 0 Å². The summed E-state index contributed by atoms with van der Waals surface area (Å²) in [5.41, 5.74) is 2.18. The Morgan fingerprint density at radius 2 is 1.62 bits per heavy atom. The molecule has 0 aliphatic carbocycles. The van der Waals surface area contributed by atoms with Gasteiger partial charge in [0.05, 0.1) is 5.56 Å². The Hall–Kier alpha value is -2.57. The molecule has 0 fully saturated rings. The van der Waals surface area contributed by atoms with E-state index in [1.54, 1.807) is 11.8 Å². The number of para-hydroxylation sites is 2. The highest BCUT2D eigenvalue weighted by atomic mass is 79.9. The normalized spacial score (nSPS) is 10.8. The molecule has 29 heavy (non-hydrogen) atoms. The Morgan fingerprint density at radius 1 is 0.897 bits per heavy atom. The van der Waals surface area contributed by atoms with Crippen LogP contribution >= 0.6 is 27.7 Å². The SMILES string of the molecule is CCn1c(SCc2ccc(Br)cc2)nnc1-c1ccccc1Oc1ccccc1. The van der Waals surface area contributed by atoms with Crippen LogP contribution in [0.3, 0.4) is 0 Å². The smallest absolute Gasteiger partial charge is 0.191 e. The van der Waals surface area contributed by atoms with Gasteiger partial charge >= 0.3 is 0 Å². The van der Waals surface area contributed by atoms with Gasteiger partial charge in [0.15, 0.2) is 11.0 Å². The summed E-state index contributed by atoms with van der Waals surface area (Å²) < 4.78 is 9.34. The van der Waals surface area contributed by atoms with Crippen LogP contribution in [0.15, 0.2) is 88.5 Å². The second-order valence-corrected chi connectivity index (χ2v) is 8.24. The Balaban J connectivity index is 1.60. The summed E-state index contributed by atoms with van der Waals surface area (Å²) in [4.78, 5) is 0. The minimum Gasteiger partial charge on any atom is -0.457 e. The molecule has 4 rings (SSSR count). The van der Waals surface area contributed by atoms with E-state index in [-0.39, 0.29) is 0 Å². The molecule has 0 atom stereocenters. The second kappa shape index (κ2) is 9.29. The minimum absolute atomic E-state index is 0.769. The molecule has 1 heterocycles. The molecule has 0 aliphatic rings. The van der Waals surface area contributed by atoms with Gasteiger partial charge in [-0.15, -0.1) is 10.2 Å². The van der Waals surface area contributed by atoms with Gasteiger partial charge in [0.25, 0.3) is 0 Å². The summed E-state index contributed by atoms with van der Waals surface area (Å²) in [6.45, 7) is 2.89. The zero-order chi connectivity index (χ0) is 20.1. The summed E-state index contributed by atoms with van der Waals surface area (Å²) >= 11 is 5.17. The fourth-order valence-corrected chi connectivity index (χ4v) is 4.19. The number of aromatic nitrogens is 3. The zero-order valence-corrected chi connectivity index (χ0v) is 18.4. The summed E-state index contributed by atoms with van der Waals surface area (Å²) in [6, 6.07) is 26.1. The van der Waals surface area contributed by atoms with Crippen molar-refractivity contribution >= 4 is 27.7 Å². The van der Waals surface area contributed by atoms with Gasteiger partial charge in [-0.2, -0.15) is 0 Å². The van der Waals surface area contributed by atoms with Gasteiger partial charge in [-0.25, -0.2) is 0 Å². The topological polar surface area (TPSA) is 39.9 Å². The third-order valence-corrected chi connectivity index (χ3v) is 5.98. The third-order valence-electron chi connectivity index (χ3n) is 4.41. The van der Waals surface area contributed by atoms with Crippen LogP contribution in [0, 0.1) is 0 Å². The molecule has 0 radical (unpaired) electrons.